The lowest BCUT2D eigenvalue weighted by atomic mass is 9.99. The number of carbonyl (C=O) groups is 1. The molecule has 2 fully saturated rings. The van der Waals surface area contributed by atoms with Crippen molar-refractivity contribution in [1.82, 2.24) is 15.1 Å². The van der Waals surface area contributed by atoms with E-state index in [4.69, 9.17) is 4.74 Å². The van der Waals surface area contributed by atoms with Crippen molar-refractivity contribution in [3.63, 3.8) is 0 Å². The SMILES string of the molecule is CCN1CCOC(CN2C(=O)C(C)(CC)NC2C(C)C)C1. The molecule has 21 heavy (non-hydrogen) atoms. The molecule has 2 aliphatic heterocycles. The summed E-state index contributed by atoms with van der Waals surface area (Å²) in [5, 5.41) is 3.54. The van der Waals surface area contributed by atoms with Gasteiger partial charge in [0.05, 0.1) is 24.4 Å². The molecule has 0 aliphatic carbocycles. The minimum absolute atomic E-state index is 0.114. The Bertz CT molecular complexity index is 375. The van der Waals surface area contributed by atoms with Gasteiger partial charge in [-0.15, -0.1) is 0 Å². The summed E-state index contributed by atoms with van der Waals surface area (Å²) in [6.07, 6.45) is 1.06. The molecule has 0 aromatic carbocycles. The molecule has 0 radical (unpaired) electrons. The minimum atomic E-state index is -0.423. The first-order valence-electron chi connectivity index (χ1n) is 8.34. The summed E-state index contributed by atoms with van der Waals surface area (Å²) in [4.78, 5) is 17.2. The van der Waals surface area contributed by atoms with Crippen molar-refractivity contribution in [2.45, 2.75) is 58.8 Å². The molecular weight excluding hydrogens is 266 g/mol. The van der Waals surface area contributed by atoms with E-state index >= 15 is 0 Å². The summed E-state index contributed by atoms with van der Waals surface area (Å²) in [6, 6.07) is 0. The lowest BCUT2D eigenvalue weighted by Crippen LogP contribution is -2.51. The van der Waals surface area contributed by atoms with E-state index in [1.165, 1.54) is 0 Å². The molecule has 5 heteroatoms. The van der Waals surface area contributed by atoms with Gasteiger partial charge in [0, 0.05) is 19.6 Å². The monoisotopic (exact) mass is 297 g/mol. The Morgan fingerprint density at radius 2 is 2.14 bits per heavy atom. The quantitative estimate of drug-likeness (QED) is 0.830. The molecule has 2 aliphatic rings. The zero-order chi connectivity index (χ0) is 15.6. The van der Waals surface area contributed by atoms with Gasteiger partial charge in [-0.2, -0.15) is 0 Å². The number of morpholine rings is 1. The average Bonchev–Trinajstić information content (AvgIpc) is 2.73. The van der Waals surface area contributed by atoms with Crippen molar-refractivity contribution in [3.8, 4) is 0 Å². The van der Waals surface area contributed by atoms with E-state index in [2.05, 4.69) is 37.9 Å². The van der Waals surface area contributed by atoms with Crippen LogP contribution in [-0.2, 0) is 9.53 Å². The molecule has 3 unspecified atom stereocenters. The van der Waals surface area contributed by atoms with Crippen molar-refractivity contribution in [2.24, 2.45) is 5.92 Å². The summed E-state index contributed by atoms with van der Waals surface area (Å²) in [5.74, 6) is 0.620. The lowest BCUT2D eigenvalue weighted by molar-refractivity contribution is -0.136. The fourth-order valence-electron chi connectivity index (χ4n) is 3.28. The zero-order valence-corrected chi connectivity index (χ0v) is 14.2. The van der Waals surface area contributed by atoms with Crippen LogP contribution in [0, 0.1) is 5.92 Å². The van der Waals surface area contributed by atoms with Crippen molar-refractivity contribution in [1.29, 1.82) is 0 Å². The summed E-state index contributed by atoms with van der Waals surface area (Å²) < 4.78 is 5.89. The fraction of sp³-hybridized carbons (Fsp3) is 0.938. The highest BCUT2D eigenvalue weighted by Gasteiger charge is 2.48. The molecule has 0 spiro atoms. The van der Waals surface area contributed by atoms with Gasteiger partial charge in [-0.1, -0.05) is 27.7 Å². The summed E-state index contributed by atoms with van der Waals surface area (Å²) in [7, 11) is 0. The van der Waals surface area contributed by atoms with Gasteiger partial charge in [0.15, 0.2) is 0 Å². The first kappa shape index (κ1) is 16.7. The van der Waals surface area contributed by atoms with Crippen LogP contribution >= 0.6 is 0 Å². The van der Waals surface area contributed by atoms with Gasteiger partial charge in [-0.3, -0.25) is 15.0 Å². The number of nitrogens with zero attached hydrogens (tertiary/aromatic N) is 2. The third-order valence-electron chi connectivity index (χ3n) is 4.94. The second kappa shape index (κ2) is 6.63. The van der Waals surface area contributed by atoms with Gasteiger partial charge >= 0.3 is 0 Å². The average molecular weight is 297 g/mol. The molecular formula is C16H31N3O2. The molecule has 1 amide bonds. The standard InChI is InChI=1S/C16H31N3O2/c1-6-16(5)15(20)19(14(17-16)12(3)4)11-13-10-18(7-2)8-9-21-13/h12-14,17H,6-11H2,1-5H3. The van der Waals surface area contributed by atoms with E-state index in [1.54, 1.807) is 0 Å². The molecule has 0 aromatic rings. The first-order valence-corrected chi connectivity index (χ1v) is 8.34. The van der Waals surface area contributed by atoms with E-state index in [9.17, 15) is 4.79 Å². The van der Waals surface area contributed by atoms with Crippen LogP contribution in [0.5, 0.6) is 0 Å². The maximum absolute atomic E-state index is 12.8. The Hall–Kier alpha value is -0.650. The van der Waals surface area contributed by atoms with Crippen LogP contribution in [0.15, 0.2) is 0 Å². The Morgan fingerprint density at radius 1 is 1.43 bits per heavy atom. The number of hydrogen-bond acceptors (Lipinski definition) is 4. The molecule has 122 valence electrons. The number of hydrogen-bond donors (Lipinski definition) is 1. The van der Waals surface area contributed by atoms with Gasteiger partial charge in [0.1, 0.15) is 0 Å². The topological polar surface area (TPSA) is 44.8 Å². The smallest absolute Gasteiger partial charge is 0.243 e. The fourth-order valence-corrected chi connectivity index (χ4v) is 3.28. The second-order valence-electron chi connectivity index (χ2n) is 6.86. The summed E-state index contributed by atoms with van der Waals surface area (Å²) in [6.45, 7) is 15.0. The van der Waals surface area contributed by atoms with Crippen molar-refractivity contribution >= 4 is 5.91 Å². The molecule has 2 rings (SSSR count). The van der Waals surface area contributed by atoms with E-state index in [0.29, 0.717) is 12.5 Å². The molecule has 2 saturated heterocycles. The van der Waals surface area contributed by atoms with Crippen LogP contribution in [0.4, 0.5) is 0 Å². The number of rotatable bonds is 5. The van der Waals surface area contributed by atoms with Crippen LogP contribution in [0.1, 0.15) is 41.0 Å². The van der Waals surface area contributed by atoms with Gasteiger partial charge in [0.25, 0.3) is 0 Å². The van der Waals surface area contributed by atoms with Gasteiger partial charge in [0.2, 0.25) is 5.91 Å². The third-order valence-corrected chi connectivity index (χ3v) is 4.94. The van der Waals surface area contributed by atoms with Gasteiger partial charge in [-0.05, 0) is 25.8 Å². The highest BCUT2D eigenvalue weighted by molar-refractivity contribution is 5.88. The maximum atomic E-state index is 12.8. The van der Waals surface area contributed by atoms with Crippen LogP contribution in [-0.4, -0.2) is 66.3 Å². The van der Waals surface area contributed by atoms with Crippen molar-refractivity contribution < 1.29 is 9.53 Å². The van der Waals surface area contributed by atoms with E-state index in [1.807, 2.05) is 11.8 Å². The lowest BCUT2D eigenvalue weighted by Gasteiger charge is -2.36. The Labute approximate surface area is 129 Å². The Balaban J connectivity index is 2.07. The molecule has 0 bridgehead atoms. The van der Waals surface area contributed by atoms with Crippen LogP contribution in [0.2, 0.25) is 0 Å². The maximum Gasteiger partial charge on any atom is 0.243 e. The molecule has 0 aromatic heterocycles. The largest absolute Gasteiger partial charge is 0.374 e. The number of ether oxygens (including phenoxy) is 1. The number of amides is 1. The van der Waals surface area contributed by atoms with Crippen LogP contribution in [0.3, 0.4) is 0 Å². The van der Waals surface area contributed by atoms with Crippen LogP contribution < -0.4 is 5.32 Å². The molecule has 5 nitrogen and oxygen atoms in total. The normalized spacial score (nSPS) is 35.0. The van der Waals surface area contributed by atoms with E-state index in [-0.39, 0.29) is 18.2 Å². The van der Waals surface area contributed by atoms with Gasteiger partial charge in [-0.25, -0.2) is 0 Å². The first-order chi connectivity index (χ1) is 9.91. The van der Waals surface area contributed by atoms with Gasteiger partial charge < -0.3 is 9.64 Å². The Kier molecular flexibility index (Phi) is 5.28. The van der Waals surface area contributed by atoms with Crippen molar-refractivity contribution in [2.75, 3.05) is 32.8 Å². The number of likely N-dealkylation sites (N-methyl/N-ethyl adjacent to an activating group) is 1. The van der Waals surface area contributed by atoms with Crippen LogP contribution in [0.25, 0.3) is 0 Å². The molecule has 1 N–H and O–H groups in total. The number of carbonyl (C=O) groups excluding carboxylic acids is 1. The summed E-state index contributed by atoms with van der Waals surface area (Å²) in [5.41, 5.74) is -0.423. The Morgan fingerprint density at radius 3 is 2.71 bits per heavy atom. The second-order valence-corrected chi connectivity index (χ2v) is 6.86. The number of nitrogens with one attached hydrogen (secondary N) is 1. The molecule has 3 atom stereocenters. The van der Waals surface area contributed by atoms with E-state index in [0.717, 1.165) is 32.7 Å². The van der Waals surface area contributed by atoms with E-state index < -0.39 is 5.54 Å². The minimum Gasteiger partial charge on any atom is -0.374 e. The predicted octanol–water partition coefficient (Wildman–Crippen LogP) is 1.29. The third kappa shape index (κ3) is 3.41. The summed E-state index contributed by atoms with van der Waals surface area (Å²) >= 11 is 0. The zero-order valence-electron chi connectivity index (χ0n) is 14.2. The molecule has 2 heterocycles. The van der Waals surface area contributed by atoms with Crippen molar-refractivity contribution in [3.05, 3.63) is 0 Å². The highest BCUT2D eigenvalue weighted by Crippen LogP contribution is 2.27. The highest BCUT2D eigenvalue weighted by atomic mass is 16.5. The predicted molar refractivity (Wildman–Crippen MR) is 84.0 cm³/mol. The molecule has 0 saturated carbocycles.